The van der Waals surface area contributed by atoms with Crippen molar-refractivity contribution in [2.45, 2.75) is 31.6 Å². The predicted molar refractivity (Wildman–Crippen MR) is 132 cm³/mol. The van der Waals surface area contributed by atoms with E-state index >= 15 is 0 Å². The Morgan fingerprint density at radius 1 is 1.09 bits per heavy atom. The maximum Gasteiger partial charge on any atom is 0.417 e. The van der Waals surface area contributed by atoms with E-state index in [0.717, 1.165) is 65.4 Å². The van der Waals surface area contributed by atoms with Crippen molar-refractivity contribution in [3.8, 4) is 0 Å². The molecule has 6 heterocycles. The monoisotopic (exact) mass is 498 g/mol. The van der Waals surface area contributed by atoms with Crippen molar-refractivity contribution in [2.24, 2.45) is 0 Å². The van der Waals surface area contributed by atoms with Gasteiger partial charge in [-0.3, -0.25) is 0 Å². The van der Waals surface area contributed by atoms with Crippen LogP contribution in [0.1, 0.15) is 17.5 Å². The van der Waals surface area contributed by atoms with E-state index < -0.39 is 11.7 Å². The third-order valence-corrected chi connectivity index (χ3v) is 7.24. The van der Waals surface area contributed by atoms with Gasteiger partial charge in [0, 0.05) is 59.5 Å². The fourth-order valence-electron chi connectivity index (χ4n) is 5.21. The van der Waals surface area contributed by atoms with E-state index in [1.54, 1.807) is 6.20 Å². The summed E-state index contributed by atoms with van der Waals surface area (Å²) in [5, 5.41) is 5.02. The van der Waals surface area contributed by atoms with Crippen LogP contribution in [0.4, 0.5) is 36.2 Å². The first-order valence-corrected chi connectivity index (χ1v) is 11.7. The average Bonchev–Trinajstić information content (AvgIpc) is 3.30. The van der Waals surface area contributed by atoms with Gasteiger partial charge in [-0.05, 0) is 49.7 Å². The number of fused-ring (bicyclic) bond motifs is 3. The molecule has 3 aliphatic rings. The van der Waals surface area contributed by atoms with E-state index in [1.807, 2.05) is 37.4 Å². The Morgan fingerprint density at radius 3 is 2.60 bits per heavy atom. The number of anilines is 4. The highest BCUT2D eigenvalue weighted by atomic mass is 35.5. The maximum atomic E-state index is 12.9. The van der Waals surface area contributed by atoms with E-state index in [2.05, 4.69) is 30.1 Å². The molecule has 2 unspecified atom stereocenters. The minimum Gasteiger partial charge on any atom is -0.367 e. The van der Waals surface area contributed by atoms with Gasteiger partial charge in [-0.25, -0.2) is 9.97 Å². The number of alkyl halides is 3. The SMILES string of the molecule is Cc1c(N2CC3CC(C2)N3c2ccc(C(F)(F)F)cn2)ccnc1Nc1cc(Cl)c2cc[nH]c2c1. The number of aromatic nitrogens is 3. The van der Waals surface area contributed by atoms with Crippen LogP contribution in [0.2, 0.25) is 5.02 Å². The minimum atomic E-state index is -4.38. The third-order valence-electron chi connectivity index (χ3n) is 6.93. The topological polar surface area (TPSA) is 60.1 Å². The molecule has 3 fully saturated rings. The molecule has 2 bridgehead atoms. The number of piperazine rings is 1. The first kappa shape index (κ1) is 22.0. The van der Waals surface area contributed by atoms with Gasteiger partial charge in [-0.1, -0.05) is 11.6 Å². The standard InChI is InChI=1S/C25H22ClF3N6/c1-14-22(5-7-31-24(14)33-16-8-20(26)19-4-6-30-21(19)9-16)34-12-17-10-18(13-34)35(17)23-3-2-15(11-32-23)25(27,28)29/h2-9,11,17-18,30H,10,12-13H2,1H3,(H,31,33). The van der Waals surface area contributed by atoms with Crippen LogP contribution >= 0.6 is 11.6 Å². The lowest BCUT2D eigenvalue weighted by Crippen LogP contribution is -2.69. The summed E-state index contributed by atoms with van der Waals surface area (Å²) in [4.78, 5) is 16.3. The summed E-state index contributed by atoms with van der Waals surface area (Å²) in [5.41, 5.74) is 3.18. The number of pyridine rings is 2. The van der Waals surface area contributed by atoms with Crippen LogP contribution in [-0.4, -0.2) is 40.1 Å². The molecule has 0 amide bonds. The van der Waals surface area contributed by atoms with Gasteiger partial charge in [0.2, 0.25) is 0 Å². The van der Waals surface area contributed by atoms with E-state index in [1.165, 1.54) is 6.07 Å². The number of hydrogen-bond acceptors (Lipinski definition) is 5. The molecule has 0 spiro atoms. The molecule has 35 heavy (non-hydrogen) atoms. The second kappa shape index (κ2) is 8.05. The molecular formula is C25H22ClF3N6. The summed E-state index contributed by atoms with van der Waals surface area (Å²) in [6.45, 7) is 3.57. The zero-order chi connectivity index (χ0) is 24.3. The smallest absolute Gasteiger partial charge is 0.367 e. The molecule has 0 saturated carbocycles. The Morgan fingerprint density at radius 2 is 1.89 bits per heavy atom. The Hall–Kier alpha value is -3.46. The fourth-order valence-corrected chi connectivity index (χ4v) is 5.49. The number of rotatable bonds is 4. The van der Waals surface area contributed by atoms with E-state index in [0.29, 0.717) is 10.8 Å². The van der Waals surface area contributed by atoms with Gasteiger partial charge >= 0.3 is 6.18 Å². The molecule has 2 atom stereocenters. The molecule has 4 aromatic rings. The zero-order valence-corrected chi connectivity index (χ0v) is 19.5. The fraction of sp³-hybridized carbons (Fsp3) is 0.280. The van der Waals surface area contributed by atoms with Gasteiger partial charge in [-0.15, -0.1) is 0 Å². The van der Waals surface area contributed by atoms with Gasteiger partial charge < -0.3 is 20.1 Å². The Bertz CT molecular complexity index is 1390. The summed E-state index contributed by atoms with van der Waals surface area (Å²) in [5.74, 6) is 1.36. The van der Waals surface area contributed by atoms with Crippen LogP contribution in [-0.2, 0) is 6.18 Å². The van der Waals surface area contributed by atoms with Crippen LogP contribution in [0.15, 0.2) is 55.0 Å². The lowest BCUT2D eigenvalue weighted by atomic mass is 9.86. The molecule has 6 nitrogen and oxygen atoms in total. The maximum absolute atomic E-state index is 12.9. The number of halogens is 4. The third kappa shape index (κ3) is 3.83. The Kier molecular flexibility index (Phi) is 5.07. The van der Waals surface area contributed by atoms with Crippen LogP contribution in [0.3, 0.4) is 0 Å². The number of nitrogens with zero attached hydrogens (tertiary/aromatic N) is 4. The second-order valence-electron chi connectivity index (χ2n) is 9.08. The van der Waals surface area contributed by atoms with E-state index in [9.17, 15) is 13.2 Å². The quantitative estimate of drug-likeness (QED) is 0.353. The van der Waals surface area contributed by atoms with Crippen LogP contribution < -0.4 is 15.1 Å². The van der Waals surface area contributed by atoms with Crippen LogP contribution in [0.25, 0.3) is 10.9 Å². The highest BCUT2D eigenvalue weighted by molar-refractivity contribution is 6.35. The van der Waals surface area contributed by atoms with E-state index in [4.69, 9.17) is 11.6 Å². The van der Waals surface area contributed by atoms with Gasteiger partial charge in [-0.2, -0.15) is 13.2 Å². The Labute approximate surface area is 204 Å². The largest absolute Gasteiger partial charge is 0.417 e. The molecule has 3 saturated heterocycles. The van der Waals surface area contributed by atoms with Crippen molar-refractivity contribution in [1.82, 2.24) is 15.0 Å². The minimum absolute atomic E-state index is 0.205. The summed E-state index contributed by atoms with van der Waals surface area (Å²) in [7, 11) is 0. The lowest BCUT2D eigenvalue weighted by molar-refractivity contribution is -0.137. The van der Waals surface area contributed by atoms with E-state index in [-0.39, 0.29) is 12.1 Å². The number of hydrogen-bond donors (Lipinski definition) is 2. The summed E-state index contributed by atoms with van der Waals surface area (Å²) >= 11 is 6.42. The van der Waals surface area contributed by atoms with Gasteiger partial charge in [0.05, 0.1) is 22.7 Å². The highest BCUT2D eigenvalue weighted by Gasteiger charge is 2.46. The number of nitrogens with one attached hydrogen (secondary N) is 2. The number of benzene rings is 1. The van der Waals surface area contributed by atoms with Crippen molar-refractivity contribution < 1.29 is 13.2 Å². The van der Waals surface area contributed by atoms with Crippen LogP contribution in [0, 0.1) is 6.92 Å². The molecule has 7 rings (SSSR count). The summed E-state index contributed by atoms with van der Waals surface area (Å²) in [6, 6.07) is 10.8. The number of H-pyrrole nitrogens is 1. The molecule has 3 aliphatic heterocycles. The first-order chi connectivity index (χ1) is 16.8. The zero-order valence-electron chi connectivity index (χ0n) is 18.8. The lowest BCUT2D eigenvalue weighted by Gasteiger charge is -2.57. The van der Waals surface area contributed by atoms with Gasteiger partial charge in [0.15, 0.2) is 0 Å². The molecular weight excluding hydrogens is 477 g/mol. The normalized spacial score (nSPS) is 19.7. The molecule has 2 N–H and O–H groups in total. The number of piperidine rings is 1. The first-order valence-electron chi connectivity index (χ1n) is 11.3. The molecule has 0 radical (unpaired) electrons. The molecule has 0 aliphatic carbocycles. The van der Waals surface area contributed by atoms with Crippen molar-refractivity contribution in [2.75, 3.05) is 28.2 Å². The van der Waals surface area contributed by atoms with Gasteiger partial charge in [0.25, 0.3) is 0 Å². The highest BCUT2D eigenvalue weighted by Crippen LogP contribution is 2.40. The number of aromatic amines is 1. The molecule has 1 aromatic carbocycles. The molecule has 180 valence electrons. The predicted octanol–water partition coefficient (Wildman–Crippen LogP) is 6.15. The second-order valence-corrected chi connectivity index (χ2v) is 9.49. The Balaban J connectivity index is 1.20. The van der Waals surface area contributed by atoms with Gasteiger partial charge in [0.1, 0.15) is 11.6 Å². The van der Waals surface area contributed by atoms with Crippen molar-refractivity contribution in [3.05, 3.63) is 71.1 Å². The molecule has 3 aromatic heterocycles. The van der Waals surface area contributed by atoms with Crippen LogP contribution in [0.5, 0.6) is 0 Å². The van der Waals surface area contributed by atoms with Crippen molar-refractivity contribution in [3.63, 3.8) is 0 Å². The average molecular weight is 499 g/mol. The molecule has 10 heteroatoms. The summed E-state index contributed by atoms with van der Waals surface area (Å²) < 4.78 is 38.7. The van der Waals surface area contributed by atoms with Crippen molar-refractivity contribution >= 4 is 45.5 Å². The van der Waals surface area contributed by atoms with Crippen molar-refractivity contribution in [1.29, 1.82) is 0 Å². The summed E-state index contributed by atoms with van der Waals surface area (Å²) in [6.07, 6.45) is 1.19.